The first-order chi connectivity index (χ1) is 12.5. The Morgan fingerprint density at radius 3 is 2.15 bits per heavy atom. The van der Waals surface area contributed by atoms with E-state index in [0.717, 1.165) is 24.6 Å². The summed E-state index contributed by atoms with van der Waals surface area (Å²) in [7, 11) is -7.71. The second kappa shape index (κ2) is 6.39. The molecule has 0 bridgehead atoms. The van der Waals surface area contributed by atoms with Crippen LogP contribution in [0.15, 0.2) is 61.5 Å². The Bertz CT molecular complexity index is 1310. The Kier molecular flexibility index (Phi) is 4.48. The fraction of sp³-hybridized carbons (Fsp3) is 0.118. The number of rotatable bonds is 4. The van der Waals surface area contributed by atoms with E-state index in [-0.39, 0.29) is 21.6 Å². The van der Waals surface area contributed by atoms with Crippen molar-refractivity contribution in [2.24, 2.45) is 0 Å². The summed E-state index contributed by atoms with van der Waals surface area (Å²) in [5, 5.41) is -0.164. The largest absolute Gasteiger partial charge is 0.456 e. The zero-order chi connectivity index (χ0) is 20.0. The number of ether oxygens (including phenoxy) is 1. The third-order valence-corrected chi connectivity index (χ3v) is 5.93. The van der Waals surface area contributed by atoms with Crippen LogP contribution in [0.5, 0.6) is 11.5 Å². The first kappa shape index (κ1) is 18.9. The van der Waals surface area contributed by atoms with Crippen molar-refractivity contribution in [1.82, 2.24) is 0 Å². The molecule has 0 amide bonds. The van der Waals surface area contributed by atoms with Crippen molar-refractivity contribution in [1.29, 1.82) is 0 Å². The number of sulfone groups is 2. The van der Waals surface area contributed by atoms with Crippen molar-refractivity contribution in [2.45, 2.75) is 9.79 Å². The van der Waals surface area contributed by atoms with Crippen molar-refractivity contribution in [3.8, 4) is 11.5 Å². The van der Waals surface area contributed by atoms with Crippen LogP contribution in [0.3, 0.4) is 0 Å². The molecule has 8 nitrogen and oxygen atoms in total. The van der Waals surface area contributed by atoms with Gasteiger partial charge in [-0.05, 0) is 18.2 Å². The molecule has 3 rings (SSSR count). The van der Waals surface area contributed by atoms with E-state index in [1.165, 1.54) is 0 Å². The molecular formula is C17H15NO7S2. The van der Waals surface area contributed by atoms with Crippen LogP contribution >= 0.6 is 0 Å². The summed E-state index contributed by atoms with van der Waals surface area (Å²) in [6.45, 7) is 0. The molecule has 10 heteroatoms. The number of benzene rings is 2. The molecule has 2 N–H and O–H groups in total. The molecule has 1 aromatic heterocycles. The summed E-state index contributed by atoms with van der Waals surface area (Å²) in [5.41, 5.74) is 4.51. The number of anilines is 1. The van der Waals surface area contributed by atoms with Crippen LogP contribution in [0.2, 0.25) is 0 Å². The van der Waals surface area contributed by atoms with Crippen LogP contribution in [-0.4, -0.2) is 29.3 Å². The van der Waals surface area contributed by atoms with Gasteiger partial charge in [0.15, 0.2) is 24.6 Å². The fourth-order valence-electron chi connectivity index (χ4n) is 2.54. The molecule has 2 aromatic carbocycles. The normalized spacial score (nSPS) is 12.2. The lowest BCUT2D eigenvalue weighted by Crippen LogP contribution is -2.17. The van der Waals surface area contributed by atoms with Gasteiger partial charge in [-0.3, -0.25) is 4.79 Å². The molecule has 1 heterocycles. The maximum Gasteiger partial charge on any atom is 0.213 e. The lowest BCUT2D eigenvalue weighted by molar-refractivity contribution is 0.467. The van der Waals surface area contributed by atoms with Gasteiger partial charge in [0.2, 0.25) is 11.3 Å². The second-order valence-corrected chi connectivity index (χ2v) is 9.82. The van der Waals surface area contributed by atoms with E-state index in [1.807, 2.05) is 0 Å². The summed E-state index contributed by atoms with van der Waals surface area (Å²) >= 11 is 0. The predicted octanol–water partition coefficient (Wildman–Crippen LogP) is 1.97. The SMILES string of the molecule is CS(=O)(=O)c1cc2oc(N)c(S(C)(=O)=O)c(=O)c2cc1Oc1ccccc1. The van der Waals surface area contributed by atoms with Crippen LogP contribution in [0.4, 0.5) is 5.88 Å². The summed E-state index contributed by atoms with van der Waals surface area (Å²) in [6.07, 6.45) is 1.80. The zero-order valence-electron chi connectivity index (χ0n) is 14.3. The van der Waals surface area contributed by atoms with Gasteiger partial charge in [0, 0.05) is 18.6 Å². The van der Waals surface area contributed by atoms with E-state index >= 15 is 0 Å². The fourth-order valence-corrected chi connectivity index (χ4v) is 4.18. The topological polar surface area (TPSA) is 134 Å². The smallest absolute Gasteiger partial charge is 0.213 e. The summed E-state index contributed by atoms with van der Waals surface area (Å²) in [5.74, 6) is -0.399. The molecule has 0 fully saturated rings. The minimum Gasteiger partial charge on any atom is -0.456 e. The molecule has 0 aliphatic rings. The number of hydrogen-bond acceptors (Lipinski definition) is 8. The first-order valence-corrected chi connectivity index (χ1v) is 11.3. The van der Waals surface area contributed by atoms with Gasteiger partial charge in [-0.1, -0.05) is 18.2 Å². The molecule has 0 atom stereocenters. The van der Waals surface area contributed by atoms with Crippen molar-refractivity contribution < 1.29 is 26.0 Å². The molecule has 0 aliphatic carbocycles. The standard InChI is InChI=1S/C17H15NO7S2/c1-26(20,21)14-9-12-11(8-13(14)24-10-6-4-3-5-7-10)15(19)16(17(18)25-12)27(2,22)23/h3-9H,18H2,1-2H3. The first-order valence-electron chi connectivity index (χ1n) is 7.52. The third-order valence-electron chi connectivity index (χ3n) is 3.68. The average molecular weight is 409 g/mol. The Labute approximate surface area is 155 Å². The van der Waals surface area contributed by atoms with Crippen LogP contribution in [0.25, 0.3) is 11.0 Å². The summed E-state index contributed by atoms with van der Waals surface area (Å²) < 4.78 is 58.9. The Hall–Kier alpha value is -2.85. The van der Waals surface area contributed by atoms with E-state index < -0.39 is 35.9 Å². The van der Waals surface area contributed by atoms with Gasteiger partial charge in [0.05, 0.1) is 5.39 Å². The molecule has 0 saturated carbocycles. The molecular weight excluding hydrogens is 394 g/mol. The molecule has 0 spiro atoms. The van der Waals surface area contributed by atoms with Crippen molar-refractivity contribution in [3.63, 3.8) is 0 Å². The Morgan fingerprint density at radius 1 is 0.963 bits per heavy atom. The number of hydrogen-bond donors (Lipinski definition) is 1. The number of para-hydroxylation sites is 1. The van der Waals surface area contributed by atoms with Crippen LogP contribution in [0.1, 0.15) is 0 Å². The monoisotopic (exact) mass is 409 g/mol. The number of fused-ring (bicyclic) bond motifs is 1. The van der Waals surface area contributed by atoms with Gasteiger partial charge in [-0.2, -0.15) is 0 Å². The van der Waals surface area contributed by atoms with Gasteiger partial charge in [-0.25, -0.2) is 16.8 Å². The van der Waals surface area contributed by atoms with Gasteiger partial charge in [0.1, 0.15) is 22.0 Å². The highest BCUT2D eigenvalue weighted by Crippen LogP contribution is 2.33. The van der Waals surface area contributed by atoms with Crippen molar-refractivity contribution in [3.05, 3.63) is 52.7 Å². The van der Waals surface area contributed by atoms with E-state index in [4.69, 9.17) is 14.9 Å². The zero-order valence-corrected chi connectivity index (χ0v) is 15.9. The van der Waals surface area contributed by atoms with E-state index in [1.54, 1.807) is 30.3 Å². The van der Waals surface area contributed by atoms with Crippen molar-refractivity contribution in [2.75, 3.05) is 18.2 Å². The average Bonchev–Trinajstić information content (AvgIpc) is 2.53. The molecule has 0 saturated heterocycles. The number of nitrogen functional groups attached to an aromatic ring is 1. The molecule has 27 heavy (non-hydrogen) atoms. The van der Waals surface area contributed by atoms with Gasteiger partial charge >= 0.3 is 0 Å². The third kappa shape index (κ3) is 3.67. The van der Waals surface area contributed by atoms with Crippen molar-refractivity contribution >= 4 is 36.5 Å². The quantitative estimate of drug-likeness (QED) is 0.691. The molecule has 0 aliphatic heterocycles. The highest BCUT2D eigenvalue weighted by atomic mass is 32.2. The maximum atomic E-state index is 12.6. The van der Waals surface area contributed by atoms with Gasteiger partial charge < -0.3 is 14.9 Å². The highest BCUT2D eigenvalue weighted by Gasteiger charge is 2.25. The van der Waals surface area contributed by atoms with E-state index in [9.17, 15) is 21.6 Å². The molecule has 0 unspecified atom stereocenters. The van der Waals surface area contributed by atoms with Crippen LogP contribution < -0.4 is 15.9 Å². The minimum absolute atomic E-state index is 0.132. The predicted molar refractivity (Wildman–Crippen MR) is 99.6 cm³/mol. The Morgan fingerprint density at radius 2 is 1.59 bits per heavy atom. The minimum atomic E-state index is -3.96. The molecule has 0 radical (unpaired) electrons. The van der Waals surface area contributed by atoms with Crippen LogP contribution in [-0.2, 0) is 19.7 Å². The Balaban J connectivity index is 2.38. The summed E-state index contributed by atoms with van der Waals surface area (Å²) in [4.78, 5) is 11.7. The van der Waals surface area contributed by atoms with Gasteiger partial charge in [0.25, 0.3) is 0 Å². The molecule has 142 valence electrons. The lowest BCUT2D eigenvalue weighted by atomic mass is 10.2. The maximum absolute atomic E-state index is 12.6. The number of nitrogens with two attached hydrogens (primary N) is 1. The summed E-state index contributed by atoms with van der Waals surface area (Å²) in [6, 6.07) is 10.6. The second-order valence-electron chi connectivity index (χ2n) is 5.88. The van der Waals surface area contributed by atoms with E-state index in [0.29, 0.717) is 5.75 Å². The van der Waals surface area contributed by atoms with E-state index in [2.05, 4.69) is 0 Å². The highest BCUT2D eigenvalue weighted by molar-refractivity contribution is 7.91. The van der Waals surface area contributed by atoms with Gasteiger partial charge in [-0.15, -0.1) is 0 Å². The van der Waals surface area contributed by atoms with Crippen LogP contribution in [0, 0.1) is 0 Å². The molecule has 3 aromatic rings. The lowest BCUT2D eigenvalue weighted by Gasteiger charge is -2.12.